The molecule has 2 aromatic rings. The van der Waals surface area contributed by atoms with Crippen molar-refractivity contribution < 1.29 is 4.74 Å². The third-order valence-electron chi connectivity index (χ3n) is 3.00. The lowest BCUT2D eigenvalue weighted by molar-refractivity contribution is 0.319. The van der Waals surface area contributed by atoms with Crippen LogP contribution in [-0.4, -0.2) is 23.3 Å². The molecule has 0 amide bonds. The van der Waals surface area contributed by atoms with Gasteiger partial charge in [0.15, 0.2) is 5.17 Å². The number of alkyl halides is 1. The monoisotopic (exact) mass is 405 g/mol. The number of hydrogen-bond donors (Lipinski definition) is 1. The Morgan fingerprint density at radius 1 is 1.17 bits per heavy atom. The highest BCUT2D eigenvalue weighted by Crippen LogP contribution is 2.13. The van der Waals surface area contributed by atoms with E-state index in [1.54, 1.807) is 6.21 Å². The predicted molar refractivity (Wildman–Crippen MR) is 107 cm³/mol. The van der Waals surface area contributed by atoms with Gasteiger partial charge in [0.1, 0.15) is 5.75 Å². The Morgan fingerprint density at radius 3 is 2.79 bits per heavy atom. The van der Waals surface area contributed by atoms with Gasteiger partial charge in [0.2, 0.25) is 0 Å². The third kappa shape index (κ3) is 7.19. The van der Waals surface area contributed by atoms with Gasteiger partial charge in [-0.1, -0.05) is 70.2 Å². The highest BCUT2D eigenvalue weighted by molar-refractivity contribution is 9.09. The van der Waals surface area contributed by atoms with Gasteiger partial charge in [-0.15, -0.1) is 5.10 Å². The summed E-state index contributed by atoms with van der Waals surface area (Å²) in [6.07, 6.45) is 2.64. The van der Waals surface area contributed by atoms with E-state index in [1.165, 1.54) is 17.3 Å². The van der Waals surface area contributed by atoms with E-state index in [9.17, 15) is 0 Å². The summed E-state index contributed by atoms with van der Waals surface area (Å²) in [6.45, 7) is 0.688. The normalized spacial score (nSPS) is 11.8. The average Bonchev–Trinajstić information content (AvgIpc) is 2.61. The number of rotatable bonds is 8. The van der Waals surface area contributed by atoms with Gasteiger partial charge in [0, 0.05) is 11.1 Å². The summed E-state index contributed by atoms with van der Waals surface area (Å²) >= 11 is 4.85. The Balaban J connectivity index is 1.84. The Kier molecular flexibility index (Phi) is 8.41. The third-order valence-corrected chi connectivity index (χ3v) is 4.41. The summed E-state index contributed by atoms with van der Waals surface area (Å²) in [5.41, 5.74) is 8.00. The average molecular weight is 406 g/mol. The maximum atomic E-state index is 5.87. The fourth-order valence-electron chi connectivity index (χ4n) is 1.84. The van der Waals surface area contributed by atoms with E-state index < -0.39 is 0 Å². The number of amidine groups is 1. The lowest BCUT2D eigenvalue weighted by Gasteiger charge is -2.05. The fourth-order valence-corrected chi connectivity index (χ4v) is 2.68. The molecule has 0 spiro atoms. The summed E-state index contributed by atoms with van der Waals surface area (Å²) in [5, 5.41) is 9.44. The van der Waals surface area contributed by atoms with Crippen LogP contribution in [-0.2, 0) is 5.75 Å². The van der Waals surface area contributed by atoms with Crippen molar-refractivity contribution in [2.45, 2.75) is 12.2 Å². The molecule has 2 N–H and O–H groups in total. The Bertz CT molecular complexity index is 677. The fraction of sp³-hybridized carbons (Fsp3) is 0.222. The van der Waals surface area contributed by atoms with Crippen LogP contribution in [0.15, 0.2) is 64.8 Å². The van der Waals surface area contributed by atoms with Crippen molar-refractivity contribution in [3.63, 3.8) is 0 Å². The van der Waals surface area contributed by atoms with Crippen LogP contribution < -0.4 is 10.5 Å². The summed E-state index contributed by atoms with van der Waals surface area (Å²) < 4.78 is 5.65. The molecule has 2 aromatic carbocycles. The molecule has 0 atom stereocenters. The topological polar surface area (TPSA) is 60.0 Å². The second-order valence-electron chi connectivity index (χ2n) is 4.92. The number of ether oxygens (including phenoxy) is 1. The molecule has 126 valence electrons. The minimum Gasteiger partial charge on any atom is -0.494 e. The van der Waals surface area contributed by atoms with Crippen molar-refractivity contribution in [2.75, 3.05) is 11.9 Å². The lowest BCUT2D eigenvalue weighted by atomic mass is 10.2. The molecular weight excluding hydrogens is 386 g/mol. The van der Waals surface area contributed by atoms with Crippen LogP contribution in [0.25, 0.3) is 0 Å². The molecule has 0 heterocycles. The maximum absolute atomic E-state index is 5.87. The van der Waals surface area contributed by atoms with Crippen molar-refractivity contribution in [1.82, 2.24) is 0 Å². The van der Waals surface area contributed by atoms with Gasteiger partial charge in [0.05, 0.1) is 12.8 Å². The zero-order valence-electron chi connectivity index (χ0n) is 13.3. The first-order chi connectivity index (χ1) is 11.8. The second kappa shape index (κ2) is 10.9. The Labute approximate surface area is 155 Å². The first-order valence-corrected chi connectivity index (χ1v) is 9.70. The molecule has 4 nitrogen and oxygen atoms in total. The van der Waals surface area contributed by atoms with Crippen molar-refractivity contribution >= 4 is 39.1 Å². The maximum Gasteiger partial charge on any atom is 0.180 e. The van der Waals surface area contributed by atoms with Gasteiger partial charge >= 0.3 is 0 Å². The van der Waals surface area contributed by atoms with E-state index in [0.717, 1.165) is 28.8 Å². The van der Waals surface area contributed by atoms with E-state index >= 15 is 0 Å². The smallest absolute Gasteiger partial charge is 0.180 e. The minimum atomic E-state index is 0.444. The molecule has 0 saturated heterocycles. The summed E-state index contributed by atoms with van der Waals surface area (Å²) in [4.78, 5) is 0. The molecule has 6 heteroatoms. The summed E-state index contributed by atoms with van der Waals surface area (Å²) in [6, 6.07) is 17.9. The van der Waals surface area contributed by atoms with Crippen molar-refractivity contribution in [1.29, 1.82) is 0 Å². The molecule has 0 unspecified atom stereocenters. The molecule has 0 radical (unpaired) electrons. The van der Waals surface area contributed by atoms with Crippen LogP contribution in [0.2, 0.25) is 0 Å². The number of hydrogen-bond acceptors (Lipinski definition) is 4. The molecule has 0 aliphatic carbocycles. The molecule has 24 heavy (non-hydrogen) atoms. The van der Waals surface area contributed by atoms with Crippen LogP contribution >= 0.6 is 27.7 Å². The van der Waals surface area contributed by atoms with Gasteiger partial charge < -0.3 is 10.5 Å². The standard InChI is InChI=1S/C18H20BrN3OS/c19-10-5-11-23-17-9-4-8-16(12-17)13-21-22-18(20)24-14-15-6-2-1-3-7-15/h1-4,6-9,12-13H,5,10-11,14H2,(H2,20,22). The Hall–Kier alpha value is -1.79. The molecule has 0 aliphatic heterocycles. The van der Waals surface area contributed by atoms with Crippen LogP contribution in [0.3, 0.4) is 0 Å². The quantitative estimate of drug-likeness (QED) is 0.232. The molecule has 0 aromatic heterocycles. The van der Waals surface area contributed by atoms with Gasteiger partial charge in [-0.05, 0) is 29.7 Å². The van der Waals surface area contributed by atoms with Gasteiger partial charge in [-0.25, -0.2) is 0 Å². The number of nitrogens with zero attached hydrogens (tertiary/aromatic N) is 2. The predicted octanol–water partition coefficient (Wildman–Crippen LogP) is 4.43. The number of thioether (sulfide) groups is 1. The molecular formula is C18H20BrN3OS. The molecule has 0 saturated carbocycles. The van der Waals surface area contributed by atoms with Crippen LogP contribution in [0, 0.1) is 0 Å². The summed E-state index contributed by atoms with van der Waals surface area (Å²) in [5.74, 6) is 1.61. The van der Waals surface area contributed by atoms with Gasteiger partial charge in [-0.3, -0.25) is 0 Å². The zero-order chi connectivity index (χ0) is 17.0. The van der Waals surface area contributed by atoms with Crippen molar-refractivity contribution in [3.8, 4) is 5.75 Å². The number of benzene rings is 2. The van der Waals surface area contributed by atoms with E-state index in [1.807, 2.05) is 42.5 Å². The van der Waals surface area contributed by atoms with E-state index in [2.05, 4.69) is 38.3 Å². The lowest BCUT2D eigenvalue weighted by Crippen LogP contribution is -2.06. The number of nitrogens with two attached hydrogens (primary N) is 1. The second-order valence-corrected chi connectivity index (χ2v) is 6.71. The van der Waals surface area contributed by atoms with Crippen LogP contribution in [0.5, 0.6) is 5.75 Å². The molecule has 0 aliphatic rings. The minimum absolute atomic E-state index is 0.444. The summed E-state index contributed by atoms with van der Waals surface area (Å²) in [7, 11) is 0. The first-order valence-electron chi connectivity index (χ1n) is 7.60. The zero-order valence-corrected chi connectivity index (χ0v) is 15.7. The van der Waals surface area contributed by atoms with Crippen molar-refractivity contribution in [2.24, 2.45) is 15.9 Å². The molecule has 0 bridgehead atoms. The van der Waals surface area contributed by atoms with Crippen LogP contribution in [0.4, 0.5) is 0 Å². The van der Waals surface area contributed by atoms with Crippen LogP contribution in [0.1, 0.15) is 17.5 Å². The van der Waals surface area contributed by atoms with E-state index in [4.69, 9.17) is 10.5 Å². The molecule has 2 rings (SSSR count). The van der Waals surface area contributed by atoms with Gasteiger partial charge in [-0.2, -0.15) is 5.10 Å². The highest BCUT2D eigenvalue weighted by Gasteiger charge is 1.97. The highest BCUT2D eigenvalue weighted by atomic mass is 79.9. The Morgan fingerprint density at radius 2 is 2.00 bits per heavy atom. The van der Waals surface area contributed by atoms with E-state index in [-0.39, 0.29) is 0 Å². The number of halogens is 1. The SMILES string of the molecule is NC(=NN=Cc1cccc(OCCCBr)c1)SCc1ccccc1. The van der Waals surface area contributed by atoms with E-state index in [0.29, 0.717) is 11.8 Å². The first kappa shape index (κ1) is 18.5. The largest absolute Gasteiger partial charge is 0.494 e. The van der Waals surface area contributed by atoms with Crippen molar-refractivity contribution in [3.05, 3.63) is 65.7 Å². The van der Waals surface area contributed by atoms with Gasteiger partial charge in [0.25, 0.3) is 0 Å². The molecule has 0 fully saturated rings.